The summed E-state index contributed by atoms with van der Waals surface area (Å²) in [5.74, 6) is 1.27. The highest BCUT2D eigenvalue weighted by Crippen LogP contribution is 2.35. The minimum Gasteiger partial charge on any atom is -0.494 e. The molecular weight excluding hydrogens is 316 g/mol. The molecule has 0 aromatic heterocycles. The van der Waals surface area contributed by atoms with Gasteiger partial charge in [-0.3, -0.25) is 0 Å². The van der Waals surface area contributed by atoms with Gasteiger partial charge in [-0.1, -0.05) is 0 Å². The van der Waals surface area contributed by atoms with Crippen molar-refractivity contribution in [3.63, 3.8) is 0 Å². The van der Waals surface area contributed by atoms with Gasteiger partial charge in [0.1, 0.15) is 35.9 Å². The monoisotopic (exact) mass is 342 g/mol. The fraction of sp³-hybridized carbons (Fsp3) is 0.647. The first-order valence-electron chi connectivity index (χ1n) is 8.02. The van der Waals surface area contributed by atoms with Gasteiger partial charge in [0.2, 0.25) is 6.29 Å². The van der Waals surface area contributed by atoms with Crippen LogP contribution in [-0.4, -0.2) is 64.3 Å². The lowest BCUT2D eigenvalue weighted by Gasteiger charge is -2.40. The van der Waals surface area contributed by atoms with Crippen molar-refractivity contribution in [1.82, 2.24) is 0 Å². The van der Waals surface area contributed by atoms with E-state index in [0.717, 1.165) is 22.4 Å². The summed E-state index contributed by atoms with van der Waals surface area (Å²) in [7, 11) is 0. The highest BCUT2D eigenvalue weighted by atomic mass is 16.7. The lowest BCUT2D eigenvalue weighted by atomic mass is 9.99. The third-order valence-electron chi connectivity index (χ3n) is 4.36. The van der Waals surface area contributed by atoms with Crippen LogP contribution in [-0.2, 0) is 4.74 Å². The molecule has 0 radical (unpaired) electrons. The van der Waals surface area contributed by atoms with Crippen LogP contribution < -0.4 is 9.47 Å². The Kier molecular flexibility index (Phi) is 6.06. The van der Waals surface area contributed by atoms with Gasteiger partial charge in [0, 0.05) is 0 Å². The molecule has 7 heteroatoms. The van der Waals surface area contributed by atoms with E-state index in [1.54, 1.807) is 0 Å². The molecule has 0 saturated carbocycles. The maximum Gasteiger partial charge on any atom is 0.229 e. The summed E-state index contributed by atoms with van der Waals surface area (Å²) >= 11 is 0. The molecule has 5 atom stereocenters. The van der Waals surface area contributed by atoms with Crippen LogP contribution >= 0.6 is 0 Å². The Balaban J connectivity index is 2.28. The van der Waals surface area contributed by atoms with Crippen molar-refractivity contribution in [2.45, 2.75) is 58.4 Å². The molecule has 0 amide bonds. The quantitative estimate of drug-likeness (QED) is 0.605. The standard InChI is InChI=1S/C17H26O7/c1-5-22-11-6-8(2)16(10(4)9(11)3)24-17-15(21)14(20)13(19)12(7-18)23-17/h6,12-15,17-21H,5,7H2,1-4H3/t12-,13+,14+,15-,17+/m1/s1. The maximum atomic E-state index is 10.1. The van der Waals surface area contributed by atoms with Crippen LogP contribution in [0.5, 0.6) is 11.5 Å². The maximum absolute atomic E-state index is 10.1. The average molecular weight is 342 g/mol. The second-order valence-electron chi connectivity index (χ2n) is 6.02. The SMILES string of the molecule is CCOc1cc(C)c(O[C@@H]2O[C@H](CO)[C@H](O)[C@H](O)[C@H]2O)c(C)c1C. The molecule has 2 rings (SSSR count). The van der Waals surface area contributed by atoms with Crippen molar-refractivity contribution in [3.05, 3.63) is 22.8 Å². The van der Waals surface area contributed by atoms with Crippen LogP contribution in [0.4, 0.5) is 0 Å². The topological polar surface area (TPSA) is 109 Å². The average Bonchev–Trinajstić information content (AvgIpc) is 2.56. The second-order valence-corrected chi connectivity index (χ2v) is 6.02. The molecule has 1 aliphatic heterocycles. The summed E-state index contributed by atoms with van der Waals surface area (Å²) in [4.78, 5) is 0. The number of hydrogen-bond donors (Lipinski definition) is 4. The smallest absolute Gasteiger partial charge is 0.229 e. The largest absolute Gasteiger partial charge is 0.494 e. The number of aliphatic hydroxyl groups excluding tert-OH is 4. The van der Waals surface area contributed by atoms with Gasteiger partial charge in [-0.05, 0) is 50.5 Å². The molecule has 1 aromatic carbocycles. The number of aryl methyl sites for hydroxylation is 1. The Morgan fingerprint density at radius 1 is 1.04 bits per heavy atom. The van der Waals surface area contributed by atoms with Crippen LogP contribution in [0.15, 0.2) is 6.07 Å². The predicted molar refractivity (Wildman–Crippen MR) is 86.2 cm³/mol. The van der Waals surface area contributed by atoms with Gasteiger partial charge in [0.25, 0.3) is 0 Å². The molecule has 1 saturated heterocycles. The van der Waals surface area contributed by atoms with Gasteiger partial charge in [-0.2, -0.15) is 0 Å². The van der Waals surface area contributed by atoms with Crippen molar-refractivity contribution in [2.75, 3.05) is 13.2 Å². The zero-order valence-corrected chi connectivity index (χ0v) is 14.4. The lowest BCUT2D eigenvalue weighted by Crippen LogP contribution is -2.60. The van der Waals surface area contributed by atoms with Crippen molar-refractivity contribution >= 4 is 0 Å². The number of rotatable bonds is 5. The Morgan fingerprint density at radius 2 is 1.71 bits per heavy atom. The molecule has 24 heavy (non-hydrogen) atoms. The van der Waals surface area contributed by atoms with E-state index in [1.165, 1.54) is 0 Å². The summed E-state index contributed by atoms with van der Waals surface area (Å²) in [5.41, 5.74) is 2.52. The van der Waals surface area contributed by atoms with Gasteiger partial charge in [-0.15, -0.1) is 0 Å². The molecular formula is C17H26O7. The van der Waals surface area contributed by atoms with E-state index in [-0.39, 0.29) is 0 Å². The molecule has 4 N–H and O–H groups in total. The highest BCUT2D eigenvalue weighted by molar-refractivity contribution is 5.52. The minimum atomic E-state index is -1.47. The fourth-order valence-corrected chi connectivity index (χ4v) is 2.79. The van der Waals surface area contributed by atoms with Gasteiger partial charge >= 0.3 is 0 Å². The molecule has 0 unspecified atom stereocenters. The van der Waals surface area contributed by atoms with Crippen molar-refractivity contribution in [2.24, 2.45) is 0 Å². The molecule has 0 aliphatic carbocycles. The van der Waals surface area contributed by atoms with E-state index in [0.29, 0.717) is 12.4 Å². The van der Waals surface area contributed by atoms with Gasteiger partial charge in [-0.25, -0.2) is 0 Å². The van der Waals surface area contributed by atoms with Crippen LogP contribution in [0.3, 0.4) is 0 Å². The normalized spacial score (nSPS) is 30.2. The van der Waals surface area contributed by atoms with E-state index >= 15 is 0 Å². The minimum absolute atomic E-state index is 0.495. The molecule has 0 bridgehead atoms. The van der Waals surface area contributed by atoms with E-state index in [9.17, 15) is 20.4 Å². The first kappa shape index (κ1) is 19.0. The zero-order valence-electron chi connectivity index (χ0n) is 14.4. The summed E-state index contributed by atoms with van der Waals surface area (Å²) < 4.78 is 16.8. The van der Waals surface area contributed by atoms with Crippen LogP contribution in [0.1, 0.15) is 23.6 Å². The number of hydrogen-bond acceptors (Lipinski definition) is 7. The number of aliphatic hydroxyl groups is 4. The summed E-state index contributed by atoms with van der Waals surface area (Å²) in [6.45, 7) is 7.57. The van der Waals surface area contributed by atoms with E-state index < -0.39 is 37.3 Å². The first-order chi connectivity index (χ1) is 11.3. The fourth-order valence-electron chi connectivity index (χ4n) is 2.79. The number of benzene rings is 1. The van der Waals surface area contributed by atoms with E-state index in [1.807, 2.05) is 33.8 Å². The summed E-state index contributed by atoms with van der Waals surface area (Å²) in [6.07, 6.45) is -6.51. The molecule has 1 aliphatic rings. The third kappa shape index (κ3) is 3.50. The van der Waals surface area contributed by atoms with E-state index in [4.69, 9.17) is 14.2 Å². The number of ether oxygens (including phenoxy) is 3. The van der Waals surface area contributed by atoms with Crippen LogP contribution in [0.25, 0.3) is 0 Å². The Bertz CT molecular complexity index is 573. The van der Waals surface area contributed by atoms with Crippen LogP contribution in [0, 0.1) is 20.8 Å². The molecule has 1 aromatic rings. The van der Waals surface area contributed by atoms with E-state index in [2.05, 4.69) is 0 Å². The third-order valence-corrected chi connectivity index (χ3v) is 4.36. The predicted octanol–water partition coefficient (Wildman–Crippen LogP) is 0.189. The Morgan fingerprint density at radius 3 is 2.29 bits per heavy atom. The summed E-state index contributed by atoms with van der Waals surface area (Å²) in [6, 6.07) is 1.84. The van der Waals surface area contributed by atoms with Gasteiger partial charge in [0.15, 0.2) is 0 Å². The first-order valence-corrected chi connectivity index (χ1v) is 8.02. The zero-order chi connectivity index (χ0) is 18.0. The Labute approximate surface area is 141 Å². The second kappa shape index (κ2) is 7.67. The van der Waals surface area contributed by atoms with Gasteiger partial charge in [0.05, 0.1) is 13.2 Å². The molecule has 1 fully saturated rings. The highest BCUT2D eigenvalue weighted by Gasteiger charge is 2.45. The Hall–Kier alpha value is -1.38. The van der Waals surface area contributed by atoms with Gasteiger partial charge < -0.3 is 34.6 Å². The molecule has 136 valence electrons. The van der Waals surface area contributed by atoms with Crippen molar-refractivity contribution in [3.8, 4) is 11.5 Å². The molecule has 1 heterocycles. The van der Waals surface area contributed by atoms with Crippen LogP contribution in [0.2, 0.25) is 0 Å². The van der Waals surface area contributed by atoms with Crippen molar-refractivity contribution in [1.29, 1.82) is 0 Å². The lowest BCUT2D eigenvalue weighted by molar-refractivity contribution is -0.277. The molecule has 7 nitrogen and oxygen atoms in total. The molecule has 0 spiro atoms. The van der Waals surface area contributed by atoms with Crippen molar-refractivity contribution < 1.29 is 34.6 Å². The summed E-state index contributed by atoms with van der Waals surface area (Å²) in [5, 5.41) is 39.0.